The van der Waals surface area contributed by atoms with E-state index in [9.17, 15) is 4.79 Å². The summed E-state index contributed by atoms with van der Waals surface area (Å²) in [5.41, 5.74) is 1.38. The highest BCUT2D eigenvalue weighted by atomic mass is 32.1. The molecule has 5 nitrogen and oxygen atoms in total. The average molecular weight is 304 g/mol. The van der Waals surface area contributed by atoms with E-state index in [-0.39, 0.29) is 11.8 Å². The molecule has 0 fully saturated rings. The number of fused-ring (bicyclic) bond motifs is 1. The van der Waals surface area contributed by atoms with E-state index in [0.29, 0.717) is 12.2 Å². The average Bonchev–Trinajstić information content (AvgIpc) is 3.12. The van der Waals surface area contributed by atoms with Crippen LogP contribution in [-0.4, -0.2) is 26.2 Å². The van der Waals surface area contributed by atoms with E-state index in [2.05, 4.69) is 32.0 Å². The highest BCUT2D eigenvalue weighted by Gasteiger charge is 2.14. The minimum absolute atomic E-state index is 0.169. The summed E-state index contributed by atoms with van der Waals surface area (Å²) in [6.07, 6.45) is 1.47. The van der Waals surface area contributed by atoms with Gasteiger partial charge in [-0.1, -0.05) is 19.1 Å². The first kappa shape index (κ1) is 13.1. The third kappa shape index (κ3) is 2.68. The van der Waals surface area contributed by atoms with Crippen molar-refractivity contribution in [1.82, 2.24) is 19.0 Å². The Kier molecular flexibility index (Phi) is 3.70. The van der Waals surface area contributed by atoms with Crippen molar-refractivity contribution in [3.63, 3.8) is 0 Å². The fourth-order valence-electron chi connectivity index (χ4n) is 1.79. The zero-order valence-corrected chi connectivity index (χ0v) is 12.4. The van der Waals surface area contributed by atoms with Crippen molar-refractivity contribution in [3.05, 3.63) is 41.2 Å². The first-order valence-corrected chi connectivity index (χ1v) is 7.70. The van der Waals surface area contributed by atoms with Gasteiger partial charge in [0.25, 0.3) is 5.91 Å². The molecule has 0 saturated heterocycles. The van der Waals surface area contributed by atoms with Crippen LogP contribution in [0, 0.1) is 0 Å². The van der Waals surface area contributed by atoms with Gasteiger partial charge >= 0.3 is 0 Å². The van der Waals surface area contributed by atoms with Crippen molar-refractivity contribution in [2.45, 2.75) is 12.8 Å². The predicted octanol–water partition coefficient (Wildman–Crippen LogP) is 2.68. The van der Waals surface area contributed by atoms with Gasteiger partial charge in [0.15, 0.2) is 5.69 Å². The Morgan fingerprint density at radius 2 is 2.25 bits per heavy atom. The van der Waals surface area contributed by atoms with E-state index in [4.69, 9.17) is 0 Å². The standard InChI is InChI=1S/C13H12N4OS2/c1-8(6-14-12(18)10-7-15-20-17-10)13-16-9-4-2-3-5-11(9)19-13/h2-5,7-8H,6H2,1H3,(H,14,18). The molecule has 2 heterocycles. The number of thiazole rings is 1. The Bertz CT molecular complexity index is 690. The lowest BCUT2D eigenvalue weighted by Crippen LogP contribution is -2.27. The molecule has 1 atom stereocenters. The second-order valence-electron chi connectivity index (χ2n) is 4.42. The Morgan fingerprint density at radius 1 is 1.40 bits per heavy atom. The number of nitrogens with zero attached hydrogens (tertiary/aromatic N) is 3. The molecule has 1 aromatic carbocycles. The van der Waals surface area contributed by atoms with Gasteiger partial charge in [-0.2, -0.15) is 8.75 Å². The fourth-order valence-corrected chi connectivity index (χ4v) is 3.22. The summed E-state index contributed by atoms with van der Waals surface area (Å²) in [7, 11) is 0. The maximum Gasteiger partial charge on any atom is 0.272 e. The number of carbonyl (C=O) groups excluding carboxylic acids is 1. The van der Waals surface area contributed by atoms with E-state index < -0.39 is 0 Å². The summed E-state index contributed by atoms with van der Waals surface area (Å²) in [6, 6.07) is 8.05. The van der Waals surface area contributed by atoms with Crippen molar-refractivity contribution >= 4 is 39.2 Å². The normalized spacial score (nSPS) is 12.4. The summed E-state index contributed by atoms with van der Waals surface area (Å²) in [5, 5.41) is 3.89. The van der Waals surface area contributed by atoms with Gasteiger partial charge in [0.05, 0.1) is 33.1 Å². The van der Waals surface area contributed by atoms with Crippen LogP contribution in [0.15, 0.2) is 30.5 Å². The molecule has 3 rings (SSSR count). The molecule has 102 valence electrons. The van der Waals surface area contributed by atoms with Crippen molar-refractivity contribution in [2.75, 3.05) is 6.54 Å². The number of carbonyl (C=O) groups is 1. The second-order valence-corrected chi connectivity index (χ2v) is 6.04. The maximum atomic E-state index is 11.8. The highest BCUT2D eigenvalue weighted by Crippen LogP contribution is 2.26. The molecule has 0 spiro atoms. The molecule has 1 N–H and O–H groups in total. The smallest absolute Gasteiger partial charge is 0.272 e. The lowest BCUT2D eigenvalue weighted by Gasteiger charge is -2.08. The first-order chi connectivity index (χ1) is 9.74. The minimum atomic E-state index is -0.188. The van der Waals surface area contributed by atoms with Gasteiger partial charge in [-0.05, 0) is 12.1 Å². The van der Waals surface area contributed by atoms with Crippen LogP contribution < -0.4 is 5.32 Å². The van der Waals surface area contributed by atoms with Crippen molar-refractivity contribution in [3.8, 4) is 0 Å². The molecule has 0 aliphatic carbocycles. The monoisotopic (exact) mass is 304 g/mol. The summed E-state index contributed by atoms with van der Waals surface area (Å²) >= 11 is 2.70. The zero-order chi connectivity index (χ0) is 13.9. The van der Waals surface area contributed by atoms with E-state index in [1.807, 2.05) is 18.2 Å². The molecule has 0 saturated carbocycles. The van der Waals surface area contributed by atoms with Gasteiger partial charge in [-0.15, -0.1) is 11.3 Å². The van der Waals surface area contributed by atoms with Crippen molar-refractivity contribution in [1.29, 1.82) is 0 Å². The number of benzene rings is 1. The van der Waals surface area contributed by atoms with Crippen LogP contribution >= 0.6 is 23.1 Å². The highest BCUT2D eigenvalue weighted by molar-refractivity contribution is 7.18. The number of hydrogen-bond acceptors (Lipinski definition) is 6. The van der Waals surface area contributed by atoms with Crippen LogP contribution in [-0.2, 0) is 0 Å². The molecular weight excluding hydrogens is 292 g/mol. The maximum absolute atomic E-state index is 11.8. The molecule has 1 unspecified atom stereocenters. The molecule has 1 amide bonds. The van der Waals surface area contributed by atoms with Gasteiger partial charge in [0.1, 0.15) is 0 Å². The number of nitrogens with one attached hydrogen (secondary N) is 1. The van der Waals surface area contributed by atoms with E-state index >= 15 is 0 Å². The topological polar surface area (TPSA) is 67.8 Å². The SMILES string of the molecule is CC(CNC(=O)c1cnsn1)c1nc2ccccc2s1. The molecule has 20 heavy (non-hydrogen) atoms. The summed E-state index contributed by atoms with van der Waals surface area (Å²) in [4.78, 5) is 16.4. The number of para-hydroxylation sites is 1. The van der Waals surface area contributed by atoms with Crippen molar-refractivity contribution < 1.29 is 4.79 Å². The van der Waals surface area contributed by atoms with Gasteiger partial charge in [-0.25, -0.2) is 4.98 Å². The van der Waals surface area contributed by atoms with Crippen molar-refractivity contribution in [2.24, 2.45) is 0 Å². The predicted molar refractivity (Wildman–Crippen MR) is 80.3 cm³/mol. The van der Waals surface area contributed by atoms with Crippen LogP contribution in [0.1, 0.15) is 28.3 Å². The Balaban J connectivity index is 1.67. The number of amides is 1. The molecule has 0 aliphatic rings. The van der Waals surface area contributed by atoms with E-state index in [1.54, 1.807) is 11.3 Å². The van der Waals surface area contributed by atoms with Gasteiger partial charge in [0, 0.05) is 12.5 Å². The molecule has 0 radical (unpaired) electrons. The van der Waals surface area contributed by atoms with Gasteiger partial charge in [0.2, 0.25) is 0 Å². The number of rotatable bonds is 4. The molecule has 2 aromatic heterocycles. The van der Waals surface area contributed by atoms with Crippen LogP contribution in [0.4, 0.5) is 0 Å². The second kappa shape index (κ2) is 5.64. The van der Waals surface area contributed by atoms with Crippen LogP contribution in [0.2, 0.25) is 0 Å². The minimum Gasteiger partial charge on any atom is -0.350 e. The van der Waals surface area contributed by atoms with Crippen LogP contribution in [0.5, 0.6) is 0 Å². The first-order valence-electron chi connectivity index (χ1n) is 6.15. The molecular formula is C13H12N4OS2. The molecule has 7 heteroatoms. The van der Waals surface area contributed by atoms with Crippen LogP contribution in [0.3, 0.4) is 0 Å². The summed E-state index contributed by atoms with van der Waals surface area (Å²) < 4.78 is 8.89. The Hall–Kier alpha value is -1.86. The number of hydrogen-bond donors (Lipinski definition) is 1. The third-order valence-electron chi connectivity index (χ3n) is 2.89. The van der Waals surface area contributed by atoms with E-state index in [1.165, 1.54) is 10.9 Å². The van der Waals surface area contributed by atoms with Gasteiger partial charge in [-0.3, -0.25) is 4.79 Å². The van der Waals surface area contributed by atoms with E-state index in [0.717, 1.165) is 22.3 Å². The Morgan fingerprint density at radius 3 is 3.00 bits per heavy atom. The lowest BCUT2D eigenvalue weighted by molar-refractivity contribution is 0.0947. The fraction of sp³-hybridized carbons (Fsp3) is 0.231. The largest absolute Gasteiger partial charge is 0.350 e. The summed E-state index contributed by atoms with van der Waals surface area (Å²) in [6.45, 7) is 2.59. The van der Waals surface area contributed by atoms with Crippen LogP contribution in [0.25, 0.3) is 10.2 Å². The third-order valence-corrected chi connectivity index (χ3v) is 4.64. The zero-order valence-electron chi connectivity index (χ0n) is 10.7. The molecule has 0 bridgehead atoms. The Labute approximate surface area is 124 Å². The number of aromatic nitrogens is 3. The summed E-state index contributed by atoms with van der Waals surface area (Å²) in [5.74, 6) is -0.0188. The van der Waals surface area contributed by atoms with Gasteiger partial charge < -0.3 is 5.32 Å². The molecule has 0 aliphatic heterocycles. The molecule has 3 aromatic rings. The lowest BCUT2D eigenvalue weighted by atomic mass is 10.2. The quantitative estimate of drug-likeness (QED) is 0.804.